The van der Waals surface area contributed by atoms with E-state index in [0.717, 1.165) is 37.2 Å². The largest absolute Gasteiger partial charge is 0.497 e. The number of amides is 1. The molecule has 0 aliphatic carbocycles. The summed E-state index contributed by atoms with van der Waals surface area (Å²) in [5, 5.41) is 15.6. The molecule has 3 aromatic rings. The number of nitrogen functional groups attached to an aromatic ring is 1. The van der Waals surface area contributed by atoms with Gasteiger partial charge >= 0.3 is 0 Å². The molecule has 1 aromatic carbocycles. The van der Waals surface area contributed by atoms with E-state index in [0.29, 0.717) is 23.9 Å². The van der Waals surface area contributed by atoms with E-state index in [1.807, 2.05) is 24.3 Å². The number of nitrogens with two attached hydrogens (primary N) is 1. The van der Waals surface area contributed by atoms with E-state index in [2.05, 4.69) is 45.0 Å². The van der Waals surface area contributed by atoms with E-state index >= 15 is 0 Å². The molecule has 33 heavy (non-hydrogen) atoms. The molecule has 1 aliphatic heterocycles. The summed E-state index contributed by atoms with van der Waals surface area (Å²) >= 11 is 0. The molecule has 12 nitrogen and oxygen atoms in total. The lowest BCUT2D eigenvalue weighted by Crippen LogP contribution is -3.11. The van der Waals surface area contributed by atoms with Gasteiger partial charge in [0, 0.05) is 0 Å². The highest BCUT2D eigenvalue weighted by molar-refractivity contribution is 5.93. The molecule has 1 aliphatic rings. The molecule has 0 atom stereocenters. The Morgan fingerprint density at radius 3 is 2.64 bits per heavy atom. The van der Waals surface area contributed by atoms with Gasteiger partial charge in [0.15, 0.2) is 5.69 Å². The first-order chi connectivity index (χ1) is 16.0. The molecule has 5 N–H and O–H groups in total. The number of anilines is 1. The van der Waals surface area contributed by atoms with Gasteiger partial charge in [-0.25, -0.2) is 4.63 Å². The Kier molecular flexibility index (Phi) is 6.54. The number of carbonyl (C=O) groups is 1. The number of likely N-dealkylation sites (tertiary alicyclic amines) is 1. The monoisotopic (exact) mass is 454 g/mol. The SMILES string of the molecule is C=C(NNC(=O)c1nnn(-c2nonc2N)c1C[NH+]1CCC(C)CC1)c1ccc(OC)cc1. The number of hydrogen-bond acceptors (Lipinski definition) is 9. The topological polar surface area (TPSA) is 150 Å². The first-order valence-electron chi connectivity index (χ1n) is 10.7. The van der Waals surface area contributed by atoms with Crippen molar-refractivity contribution >= 4 is 17.4 Å². The number of carbonyl (C=O) groups excluding carboxylic acids is 1. The third-order valence-corrected chi connectivity index (χ3v) is 5.84. The Balaban J connectivity index is 1.51. The number of rotatable bonds is 8. The number of aromatic nitrogens is 5. The minimum Gasteiger partial charge on any atom is -0.497 e. The van der Waals surface area contributed by atoms with Gasteiger partial charge in [0.2, 0.25) is 11.6 Å². The van der Waals surface area contributed by atoms with Gasteiger partial charge in [-0.1, -0.05) is 18.7 Å². The zero-order chi connectivity index (χ0) is 23.4. The predicted octanol–water partition coefficient (Wildman–Crippen LogP) is -0.0388. The predicted molar refractivity (Wildman–Crippen MR) is 119 cm³/mol. The number of piperidine rings is 1. The minimum atomic E-state index is -0.453. The van der Waals surface area contributed by atoms with E-state index in [9.17, 15) is 4.79 Å². The van der Waals surface area contributed by atoms with Crippen LogP contribution in [0.3, 0.4) is 0 Å². The van der Waals surface area contributed by atoms with Crippen LogP contribution in [0.5, 0.6) is 5.75 Å². The number of nitrogens with one attached hydrogen (secondary N) is 3. The molecule has 0 spiro atoms. The number of hydrogen-bond donors (Lipinski definition) is 4. The van der Waals surface area contributed by atoms with Crippen LogP contribution in [0.4, 0.5) is 5.82 Å². The van der Waals surface area contributed by atoms with Crippen LogP contribution in [0.1, 0.15) is 41.5 Å². The zero-order valence-electron chi connectivity index (χ0n) is 18.7. The van der Waals surface area contributed by atoms with Gasteiger partial charge in [-0.2, -0.15) is 4.68 Å². The Hall–Kier alpha value is -3.93. The maximum absolute atomic E-state index is 13.0. The Morgan fingerprint density at radius 2 is 2.00 bits per heavy atom. The smallest absolute Gasteiger partial charge is 0.292 e. The van der Waals surface area contributed by atoms with E-state index in [1.165, 1.54) is 9.58 Å². The highest BCUT2D eigenvalue weighted by Crippen LogP contribution is 2.17. The highest BCUT2D eigenvalue weighted by Gasteiger charge is 2.29. The van der Waals surface area contributed by atoms with E-state index in [-0.39, 0.29) is 17.3 Å². The first-order valence-corrected chi connectivity index (χ1v) is 10.7. The van der Waals surface area contributed by atoms with Crippen LogP contribution in [0.25, 0.3) is 11.5 Å². The molecule has 4 rings (SSSR count). The Bertz CT molecular complexity index is 1110. The molecule has 2 aromatic heterocycles. The molecule has 0 saturated carbocycles. The molecule has 0 unspecified atom stereocenters. The lowest BCUT2D eigenvalue weighted by Gasteiger charge is -2.27. The van der Waals surface area contributed by atoms with Gasteiger partial charge in [-0.3, -0.25) is 15.6 Å². The van der Waals surface area contributed by atoms with Crippen molar-refractivity contribution in [2.45, 2.75) is 26.3 Å². The molecule has 12 heteroatoms. The fourth-order valence-corrected chi connectivity index (χ4v) is 3.78. The quantitative estimate of drug-likeness (QED) is 0.344. The normalized spacial score (nSPS) is 18.0. The lowest BCUT2D eigenvalue weighted by molar-refractivity contribution is -0.920. The zero-order valence-corrected chi connectivity index (χ0v) is 18.7. The summed E-state index contributed by atoms with van der Waals surface area (Å²) in [6.45, 7) is 8.74. The molecular weight excluding hydrogens is 426 g/mol. The van der Waals surface area contributed by atoms with Crippen molar-refractivity contribution in [3.63, 3.8) is 0 Å². The third-order valence-electron chi connectivity index (χ3n) is 5.84. The van der Waals surface area contributed by atoms with E-state index in [4.69, 9.17) is 15.1 Å². The number of nitrogens with zero attached hydrogens (tertiary/aromatic N) is 5. The summed E-state index contributed by atoms with van der Waals surface area (Å²) in [5.74, 6) is 1.25. The van der Waals surface area contributed by atoms with Crippen LogP contribution in [0, 0.1) is 5.92 Å². The van der Waals surface area contributed by atoms with Gasteiger partial charge < -0.3 is 15.4 Å². The first kappa shape index (κ1) is 22.3. The standard InChI is InChI=1S/C21H27N9O3/c1-13-8-10-29(11-9-13)12-17-18(24-28-30(17)20-19(22)26-33-27-20)21(31)25-23-14(2)15-4-6-16(32-3)7-5-15/h4-7,13,23H,2,8-12H2,1,3H3,(H2,22,26)(H,25,31)/p+1. The second kappa shape index (κ2) is 9.69. The summed E-state index contributed by atoms with van der Waals surface area (Å²) in [5.41, 5.74) is 13.4. The average molecular weight is 455 g/mol. The van der Waals surface area contributed by atoms with Gasteiger partial charge in [-0.05, 0) is 58.9 Å². The fourth-order valence-electron chi connectivity index (χ4n) is 3.78. The van der Waals surface area contributed by atoms with Gasteiger partial charge in [0.05, 0.1) is 25.9 Å². The van der Waals surface area contributed by atoms with Crippen LogP contribution in [-0.4, -0.2) is 51.4 Å². The van der Waals surface area contributed by atoms with Crippen molar-refractivity contribution in [2.75, 3.05) is 25.9 Å². The summed E-state index contributed by atoms with van der Waals surface area (Å²) in [6.07, 6.45) is 2.24. The van der Waals surface area contributed by atoms with Crippen LogP contribution < -0.4 is 26.2 Å². The van der Waals surface area contributed by atoms with Crippen LogP contribution in [-0.2, 0) is 6.54 Å². The van der Waals surface area contributed by atoms with Crippen molar-refractivity contribution in [3.8, 4) is 11.6 Å². The number of quaternary nitrogens is 1. The summed E-state index contributed by atoms with van der Waals surface area (Å²) in [4.78, 5) is 14.3. The molecule has 1 saturated heterocycles. The van der Waals surface area contributed by atoms with Crippen LogP contribution >= 0.6 is 0 Å². The second-order valence-electron chi connectivity index (χ2n) is 8.17. The molecule has 1 fully saturated rings. The summed E-state index contributed by atoms with van der Waals surface area (Å²) in [7, 11) is 1.60. The third kappa shape index (κ3) is 4.95. The molecular formula is C21H28N9O3+. The van der Waals surface area contributed by atoms with Crippen molar-refractivity contribution in [1.82, 2.24) is 36.2 Å². The molecule has 174 valence electrons. The molecule has 0 radical (unpaired) electrons. The van der Waals surface area contributed by atoms with Crippen molar-refractivity contribution in [2.24, 2.45) is 5.92 Å². The number of methoxy groups -OCH3 is 1. The number of ether oxygens (including phenoxy) is 1. The lowest BCUT2D eigenvalue weighted by atomic mass is 9.99. The van der Waals surface area contributed by atoms with E-state index in [1.54, 1.807) is 7.11 Å². The van der Waals surface area contributed by atoms with Crippen molar-refractivity contribution in [1.29, 1.82) is 0 Å². The minimum absolute atomic E-state index is 0.0707. The highest BCUT2D eigenvalue weighted by atomic mass is 16.6. The Morgan fingerprint density at radius 1 is 1.27 bits per heavy atom. The van der Waals surface area contributed by atoms with Gasteiger partial charge in [0.1, 0.15) is 18.0 Å². The Labute approximate surface area is 190 Å². The van der Waals surface area contributed by atoms with E-state index < -0.39 is 5.91 Å². The second-order valence-corrected chi connectivity index (χ2v) is 8.17. The molecule has 3 heterocycles. The van der Waals surface area contributed by atoms with Crippen LogP contribution in [0.2, 0.25) is 0 Å². The maximum Gasteiger partial charge on any atom is 0.292 e. The summed E-state index contributed by atoms with van der Waals surface area (Å²) in [6, 6.07) is 7.30. The number of hydrazine groups is 1. The van der Waals surface area contributed by atoms with Crippen LogP contribution in [0.15, 0.2) is 35.5 Å². The number of benzene rings is 1. The molecule has 0 bridgehead atoms. The average Bonchev–Trinajstić information content (AvgIpc) is 3.44. The summed E-state index contributed by atoms with van der Waals surface area (Å²) < 4.78 is 11.3. The van der Waals surface area contributed by atoms with Crippen molar-refractivity contribution in [3.05, 3.63) is 47.8 Å². The van der Waals surface area contributed by atoms with Crippen molar-refractivity contribution < 1.29 is 19.1 Å². The fraction of sp³-hybridized carbons (Fsp3) is 0.381. The van der Waals surface area contributed by atoms with Gasteiger partial charge in [-0.15, -0.1) is 5.10 Å². The molecule has 1 amide bonds. The maximum atomic E-state index is 13.0. The van der Waals surface area contributed by atoms with Gasteiger partial charge in [0.25, 0.3) is 5.91 Å².